The molecule has 1 amide bonds. The maximum atomic E-state index is 10.9. The quantitative estimate of drug-likeness (QED) is 0.345. The minimum Gasteiger partial charge on any atom is -0.493 e. The van der Waals surface area contributed by atoms with E-state index in [0.717, 1.165) is 5.75 Å². The summed E-state index contributed by atoms with van der Waals surface area (Å²) in [5.41, 5.74) is 5.48. The van der Waals surface area contributed by atoms with Gasteiger partial charge in [0.1, 0.15) is 5.75 Å². The molecule has 0 saturated carbocycles. The summed E-state index contributed by atoms with van der Waals surface area (Å²) in [6.45, 7) is 8.84. The molecule has 0 radical (unpaired) electrons. The van der Waals surface area contributed by atoms with Gasteiger partial charge in [-0.15, -0.1) is 0 Å². The zero-order valence-corrected chi connectivity index (χ0v) is 18.0. The minimum absolute atomic E-state index is 0.250. The molecule has 0 heterocycles. The number of ether oxygens (including phenoxy) is 3. The van der Waals surface area contributed by atoms with Gasteiger partial charge in [0, 0.05) is 13.3 Å². The molecule has 0 spiro atoms. The van der Waals surface area contributed by atoms with Crippen LogP contribution in [-0.2, 0) is 4.79 Å². The first-order valence-corrected chi connectivity index (χ1v) is 9.87. The molecule has 0 atom stereocenters. The lowest BCUT2D eigenvalue weighted by molar-refractivity contribution is -0.118. The Balaban J connectivity index is 1.93. The highest BCUT2D eigenvalue weighted by Crippen LogP contribution is 2.36. The summed E-state index contributed by atoms with van der Waals surface area (Å²) >= 11 is 6.37. The Hall–Kier alpha value is -2.73. The second-order valence-corrected chi connectivity index (χ2v) is 6.89. The number of hydrogen-bond acceptors (Lipinski definition) is 5. The SMILES string of the molecule is CCOc1cc(/C=N/NC(C)=O)cc(Cl)c1OCCCOc1ccc(C)c(C)c1. The van der Waals surface area contributed by atoms with Gasteiger partial charge >= 0.3 is 0 Å². The van der Waals surface area contributed by atoms with Crippen LogP contribution in [0.4, 0.5) is 0 Å². The predicted octanol–water partition coefficient (Wildman–Crippen LogP) is 4.67. The molecule has 0 aliphatic heterocycles. The van der Waals surface area contributed by atoms with Gasteiger partial charge in [-0.2, -0.15) is 5.10 Å². The van der Waals surface area contributed by atoms with Crippen molar-refractivity contribution in [3.8, 4) is 17.2 Å². The van der Waals surface area contributed by atoms with E-state index in [1.165, 1.54) is 24.3 Å². The molecule has 0 unspecified atom stereocenters. The first-order chi connectivity index (χ1) is 13.9. The van der Waals surface area contributed by atoms with Crippen molar-refractivity contribution in [2.45, 2.75) is 34.1 Å². The monoisotopic (exact) mass is 418 g/mol. The summed E-state index contributed by atoms with van der Waals surface area (Å²) in [6.07, 6.45) is 2.19. The van der Waals surface area contributed by atoms with Crippen LogP contribution in [0.1, 0.15) is 37.0 Å². The minimum atomic E-state index is -0.250. The van der Waals surface area contributed by atoms with E-state index >= 15 is 0 Å². The summed E-state index contributed by atoms with van der Waals surface area (Å²) in [7, 11) is 0. The number of hydrazone groups is 1. The zero-order chi connectivity index (χ0) is 21.2. The predicted molar refractivity (Wildman–Crippen MR) is 116 cm³/mol. The smallest absolute Gasteiger partial charge is 0.236 e. The van der Waals surface area contributed by atoms with Crippen molar-refractivity contribution >= 4 is 23.7 Å². The third kappa shape index (κ3) is 7.31. The molecule has 29 heavy (non-hydrogen) atoms. The fourth-order valence-corrected chi connectivity index (χ4v) is 2.76. The largest absolute Gasteiger partial charge is 0.493 e. The van der Waals surface area contributed by atoms with Crippen molar-refractivity contribution in [3.05, 3.63) is 52.0 Å². The highest BCUT2D eigenvalue weighted by Gasteiger charge is 2.12. The number of amides is 1. The van der Waals surface area contributed by atoms with Crippen LogP contribution in [0.5, 0.6) is 17.2 Å². The van der Waals surface area contributed by atoms with Crippen LogP contribution < -0.4 is 19.6 Å². The Bertz CT molecular complexity index is 868. The van der Waals surface area contributed by atoms with Crippen LogP contribution in [0.2, 0.25) is 5.02 Å². The summed E-state index contributed by atoms with van der Waals surface area (Å²) in [6, 6.07) is 9.51. The Labute approximate surface area is 176 Å². The van der Waals surface area contributed by atoms with E-state index in [-0.39, 0.29) is 5.91 Å². The van der Waals surface area contributed by atoms with Crippen molar-refractivity contribution in [1.82, 2.24) is 5.43 Å². The highest BCUT2D eigenvalue weighted by atomic mass is 35.5. The number of carbonyl (C=O) groups excluding carboxylic acids is 1. The van der Waals surface area contributed by atoms with Gasteiger partial charge in [-0.1, -0.05) is 17.7 Å². The van der Waals surface area contributed by atoms with Crippen LogP contribution in [0.3, 0.4) is 0 Å². The molecule has 1 N–H and O–H groups in total. The molecule has 6 nitrogen and oxygen atoms in total. The fraction of sp³-hybridized carbons (Fsp3) is 0.364. The third-order valence-corrected chi connectivity index (χ3v) is 4.33. The molecule has 0 saturated heterocycles. The third-order valence-electron chi connectivity index (χ3n) is 4.05. The van der Waals surface area contributed by atoms with E-state index in [2.05, 4.69) is 24.4 Å². The Morgan fingerprint density at radius 2 is 1.86 bits per heavy atom. The number of benzene rings is 2. The highest BCUT2D eigenvalue weighted by molar-refractivity contribution is 6.32. The van der Waals surface area contributed by atoms with E-state index in [0.29, 0.717) is 48.3 Å². The Morgan fingerprint density at radius 1 is 1.10 bits per heavy atom. The molecule has 2 rings (SSSR count). The van der Waals surface area contributed by atoms with Crippen LogP contribution in [0, 0.1) is 13.8 Å². The van der Waals surface area contributed by atoms with Crippen molar-refractivity contribution in [1.29, 1.82) is 0 Å². The summed E-state index contributed by atoms with van der Waals surface area (Å²) in [5.74, 6) is 1.61. The molecular formula is C22H27ClN2O4. The first kappa shape index (κ1) is 22.6. The van der Waals surface area contributed by atoms with E-state index < -0.39 is 0 Å². The molecule has 156 valence electrons. The average Bonchev–Trinajstić information content (AvgIpc) is 2.66. The number of halogens is 1. The lowest BCUT2D eigenvalue weighted by Crippen LogP contribution is -2.12. The number of rotatable bonds is 10. The summed E-state index contributed by atoms with van der Waals surface area (Å²) < 4.78 is 17.3. The normalized spacial score (nSPS) is 10.8. The molecule has 0 aliphatic carbocycles. The Morgan fingerprint density at radius 3 is 2.55 bits per heavy atom. The van der Waals surface area contributed by atoms with Gasteiger partial charge in [0.05, 0.1) is 31.1 Å². The fourth-order valence-electron chi connectivity index (χ4n) is 2.49. The number of aryl methyl sites for hydroxylation is 2. The molecule has 0 aliphatic rings. The second kappa shape index (κ2) is 11.3. The van der Waals surface area contributed by atoms with Gasteiger partial charge in [0.2, 0.25) is 5.91 Å². The maximum absolute atomic E-state index is 10.9. The van der Waals surface area contributed by atoms with Crippen LogP contribution in [0.15, 0.2) is 35.4 Å². The maximum Gasteiger partial charge on any atom is 0.236 e. The van der Waals surface area contributed by atoms with Crippen molar-refractivity contribution < 1.29 is 19.0 Å². The van der Waals surface area contributed by atoms with Gasteiger partial charge in [-0.3, -0.25) is 4.79 Å². The van der Waals surface area contributed by atoms with Crippen molar-refractivity contribution in [2.24, 2.45) is 5.10 Å². The zero-order valence-electron chi connectivity index (χ0n) is 17.3. The summed E-state index contributed by atoms with van der Waals surface area (Å²) in [5, 5.41) is 4.26. The van der Waals surface area contributed by atoms with Crippen LogP contribution in [0.25, 0.3) is 0 Å². The lowest BCUT2D eigenvalue weighted by atomic mass is 10.1. The topological polar surface area (TPSA) is 69.2 Å². The van der Waals surface area contributed by atoms with Gasteiger partial charge in [-0.25, -0.2) is 5.43 Å². The molecule has 0 aromatic heterocycles. The van der Waals surface area contributed by atoms with Crippen molar-refractivity contribution in [3.63, 3.8) is 0 Å². The van der Waals surface area contributed by atoms with E-state index in [1.54, 1.807) is 12.1 Å². The number of carbonyl (C=O) groups is 1. The van der Waals surface area contributed by atoms with E-state index in [1.807, 2.05) is 25.1 Å². The Kier molecular flexibility index (Phi) is 8.80. The summed E-state index contributed by atoms with van der Waals surface area (Å²) in [4.78, 5) is 10.9. The lowest BCUT2D eigenvalue weighted by Gasteiger charge is -2.15. The first-order valence-electron chi connectivity index (χ1n) is 9.49. The van der Waals surface area contributed by atoms with E-state index in [9.17, 15) is 4.79 Å². The van der Waals surface area contributed by atoms with Gasteiger partial charge in [-0.05, 0) is 61.7 Å². The van der Waals surface area contributed by atoms with Gasteiger partial charge in [0.15, 0.2) is 11.5 Å². The number of nitrogens with zero attached hydrogens (tertiary/aromatic N) is 1. The van der Waals surface area contributed by atoms with Crippen LogP contribution in [-0.4, -0.2) is 31.9 Å². The average molecular weight is 419 g/mol. The molecule has 2 aromatic rings. The molecule has 7 heteroatoms. The van der Waals surface area contributed by atoms with E-state index in [4.69, 9.17) is 25.8 Å². The molecule has 0 fully saturated rings. The standard InChI is InChI=1S/C22H27ClN2O4/c1-5-27-21-13-18(14-24-25-17(4)26)12-20(23)22(21)29-10-6-9-28-19-8-7-15(2)16(3)11-19/h7-8,11-14H,5-6,9-10H2,1-4H3,(H,25,26)/b24-14+. The molecule has 0 bridgehead atoms. The molecule has 2 aromatic carbocycles. The number of hydrogen-bond donors (Lipinski definition) is 1. The van der Waals surface area contributed by atoms with Crippen LogP contribution >= 0.6 is 11.6 Å². The molecular weight excluding hydrogens is 392 g/mol. The van der Waals surface area contributed by atoms with Gasteiger partial charge < -0.3 is 14.2 Å². The number of nitrogens with one attached hydrogen (secondary N) is 1. The van der Waals surface area contributed by atoms with Gasteiger partial charge in [0.25, 0.3) is 0 Å². The van der Waals surface area contributed by atoms with Crippen molar-refractivity contribution in [2.75, 3.05) is 19.8 Å². The second-order valence-electron chi connectivity index (χ2n) is 6.49.